The fraction of sp³-hybridized carbons (Fsp3) is 0.567. The smallest absolute Gasteiger partial charge is 0.408 e. The van der Waals surface area contributed by atoms with E-state index in [1.807, 2.05) is 24.3 Å². The number of benzene rings is 1. The maximum absolute atomic E-state index is 13.0. The molecule has 1 fully saturated rings. The van der Waals surface area contributed by atoms with Crippen LogP contribution in [0.1, 0.15) is 46.7 Å². The summed E-state index contributed by atoms with van der Waals surface area (Å²) >= 11 is 1.35. The van der Waals surface area contributed by atoms with Crippen LogP contribution in [0.25, 0.3) is 20.8 Å². The van der Waals surface area contributed by atoms with Crippen molar-refractivity contribution in [3.63, 3.8) is 0 Å². The van der Waals surface area contributed by atoms with E-state index >= 15 is 0 Å². The quantitative estimate of drug-likeness (QED) is 0.191. The first kappa shape index (κ1) is 35.1. The molecule has 252 valence electrons. The van der Waals surface area contributed by atoms with Crippen molar-refractivity contribution in [3.05, 3.63) is 30.0 Å². The summed E-state index contributed by atoms with van der Waals surface area (Å²) in [6.07, 6.45) is -7.82. The summed E-state index contributed by atoms with van der Waals surface area (Å²) in [4.78, 5) is 38.4. The lowest BCUT2D eigenvalue weighted by atomic mass is 10.0. The Morgan fingerprint density at radius 3 is 2.41 bits per heavy atom. The number of esters is 1. The molecule has 0 aliphatic heterocycles. The Morgan fingerprint density at radius 2 is 1.78 bits per heavy atom. The van der Waals surface area contributed by atoms with Crippen LogP contribution in [0.3, 0.4) is 0 Å². The highest BCUT2D eigenvalue weighted by atomic mass is 32.1. The van der Waals surface area contributed by atoms with E-state index in [1.165, 1.54) is 11.3 Å². The number of nitrogens with one attached hydrogen (secondary N) is 3. The number of aromatic nitrogens is 3. The number of nitrogens with zero attached hydrogens (tertiary/aromatic N) is 3. The van der Waals surface area contributed by atoms with E-state index in [0.29, 0.717) is 21.8 Å². The van der Waals surface area contributed by atoms with Crippen LogP contribution in [0.15, 0.2) is 24.3 Å². The molecule has 3 aromatic rings. The molecule has 0 saturated heterocycles. The molecule has 1 saturated carbocycles. The number of aryl methyl sites for hydroxylation is 1. The van der Waals surface area contributed by atoms with E-state index < -0.39 is 60.6 Å². The number of amides is 1. The lowest BCUT2D eigenvalue weighted by molar-refractivity contribution is -0.150. The number of alkyl carbamates (subject to hydrolysis) is 1. The van der Waals surface area contributed by atoms with Crippen molar-refractivity contribution < 1.29 is 42.4 Å². The number of anilines is 2. The molecule has 4 rings (SSSR count). The number of fused-ring (bicyclic) bond motifs is 1. The minimum absolute atomic E-state index is 0.117. The van der Waals surface area contributed by atoms with Gasteiger partial charge in [0.15, 0.2) is 0 Å². The molecule has 0 spiro atoms. The van der Waals surface area contributed by atoms with Crippen LogP contribution in [0.2, 0.25) is 0 Å². The van der Waals surface area contributed by atoms with Crippen LogP contribution in [0, 0.1) is 18.8 Å². The van der Waals surface area contributed by atoms with Gasteiger partial charge in [0.2, 0.25) is 5.95 Å². The van der Waals surface area contributed by atoms with Crippen LogP contribution in [-0.4, -0.2) is 86.4 Å². The van der Waals surface area contributed by atoms with E-state index in [4.69, 9.17) is 9.47 Å². The van der Waals surface area contributed by atoms with Gasteiger partial charge >= 0.3 is 18.2 Å². The summed E-state index contributed by atoms with van der Waals surface area (Å²) < 4.78 is 50.5. The Labute approximate surface area is 268 Å². The van der Waals surface area contributed by atoms with Gasteiger partial charge in [-0.2, -0.15) is 18.2 Å². The van der Waals surface area contributed by atoms with Crippen molar-refractivity contribution in [2.75, 3.05) is 23.8 Å². The Kier molecular flexibility index (Phi) is 10.6. The van der Waals surface area contributed by atoms with Gasteiger partial charge in [-0.1, -0.05) is 26.0 Å². The molecule has 5 N–H and O–H groups in total. The normalized spacial score (nSPS) is 20.9. The van der Waals surface area contributed by atoms with Crippen LogP contribution in [0.5, 0.6) is 0 Å². The summed E-state index contributed by atoms with van der Waals surface area (Å²) in [7, 11) is 0. The molecule has 0 bridgehead atoms. The first-order valence-corrected chi connectivity index (χ1v) is 15.6. The number of para-hydroxylation sites is 1. The molecule has 1 aliphatic rings. The van der Waals surface area contributed by atoms with Gasteiger partial charge in [-0.05, 0) is 52.2 Å². The lowest BCUT2D eigenvalue weighted by Gasteiger charge is -2.25. The van der Waals surface area contributed by atoms with Gasteiger partial charge in [0, 0.05) is 5.92 Å². The molecule has 16 heteroatoms. The predicted octanol–water partition coefficient (Wildman–Crippen LogP) is 4.65. The number of thiazole rings is 1. The number of carbonyl (C=O) groups is 2. The first-order valence-electron chi connectivity index (χ1n) is 14.8. The summed E-state index contributed by atoms with van der Waals surface area (Å²) in [5.41, 5.74) is 0.720. The van der Waals surface area contributed by atoms with E-state index in [0.717, 1.165) is 4.70 Å². The van der Waals surface area contributed by atoms with Crippen molar-refractivity contribution in [2.24, 2.45) is 11.8 Å². The molecule has 1 aliphatic carbocycles. The molecule has 0 radical (unpaired) electrons. The minimum atomic E-state index is -4.51. The number of ether oxygens (including phenoxy) is 2. The second-order valence-electron chi connectivity index (χ2n) is 12.5. The third-order valence-electron chi connectivity index (χ3n) is 7.20. The molecule has 2 aromatic heterocycles. The average Bonchev–Trinajstić information content (AvgIpc) is 3.48. The number of aliphatic hydroxyl groups is 2. The van der Waals surface area contributed by atoms with Crippen molar-refractivity contribution in [1.82, 2.24) is 20.3 Å². The number of aliphatic hydroxyl groups excluding tert-OH is 2. The molecule has 1 unspecified atom stereocenters. The fourth-order valence-corrected chi connectivity index (χ4v) is 6.05. The Balaban J connectivity index is 1.52. The van der Waals surface area contributed by atoms with Crippen LogP contribution in [0.4, 0.5) is 29.7 Å². The largest absolute Gasteiger partial charge is 0.464 e. The monoisotopic (exact) mass is 668 g/mol. The van der Waals surface area contributed by atoms with Crippen molar-refractivity contribution in [1.29, 1.82) is 0 Å². The summed E-state index contributed by atoms with van der Waals surface area (Å²) in [5, 5.41) is 30.1. The van der Waals surface area contributed by atoms with Crippen molar-refractivity contribution >= 4 is 45.4 Å². The second kappa shape index (κ2) is 13.9. The van der Waals surface area contributed by atoms with Crippen molar-refractivity contribution in [3.8, 4) is 10.6 Å². The third-order valence-corrected chi connectivity index (χ3v) is 8.25. The number of hydrogen-bond acceptors (Lipinski definition) is 12. The zero-order valence-corrected chi connectivity index (χ0v) is 27.1. The van der Waals surface area contributed by atoms with Gasteiger partial charge in [-0.25, -0.2) is 19.6 Å². The molecular weight excluding hydrogens is 629 g/mol. The Hall–Kier alpha value is -3.76. The van der Waals surface area contributed by atoms with Gasteiger partial charge in [-0.15, -0.1) is 11.3 Å². The number of hydrogen-bond donors (Lipinski definition) is 5. The standard InChI is InChI=1S/C30H39F3N6O6S/c1-14(2)21(38-28(43)45-29(4,5)6)26(42)44-12-16-11-18(23(41)22(16)40)36-24-20(25-37-17-9-7-8-10-19(17)46-25)15(3)35-27(39-24)34-13-30(31,32)33/h7-10,14,16,18,21-23,40-41H,11-13H2,1-6H3,(H,38,43)(H2,34,35,36,39)/t16-,18?,21+,22-,23+/m1/s1. The van der Waals surface area contributed by atoms with Gasteiger partial charge < -0.3 is 35.6 Å². The molecule has 1 amide bonds. The van der Waals surface area contributed by atoms with E-state index in [-0.39, 0.29) is 30.7 Å². The molecule has 2 heterocycles. The molecule has 46 heavy (non-hydrogen) atoms. The zero-order chi connectivity index (χ0) is 34.0. The number of halogens is 3. The highest BCUT2D eigenvalue weighted by Gasteiger charge is 2.43. The maximum Gasteiger partial charge on any atom is 0.408 e. The highest BCUT2D eigenvalue weighted by molar-refractivity contribution is 7.21. The SMILES string of the molecule is Cc1nc(NCC(F)(F)F)nc(NC2C[C@H](COC(=O)[C@@H](NC(=O)OC(C)(C)C)C(C)C)[C@@H](O)[C@H]2O)c1-c1nc2ccccc2s1. The molecular formula is C30H39F3N6O6S. The van der Waals surface area contributed by atoms with Gasteiger partial charge in [0.1, 0.15) is 35.1 Å². The van der Waals surface area contributed by atoms with Crippen molar-refractivity contribution in [2.45, 2.75) is 84.0 Å². The van der Waals surface area contributed by atoms with E-state index in [1.54, 1.807) is 41.5 Å². The van der Waals surface area contributed by atoms with Gasteiger partial charge in [0.05, 0.1) is 40.2 Å². The van der Waals surface area contributed by atoms with Gasteiger partial charge in [-0.3, -0.25) is 0 Å². The van der Waals surface area contributed by atoms with Crippen LogP contribution < -0.4 is 16.0 Å². The maximum atomic E-state index is 13.0. The number of alkyl halides is 3. The van der Waals surface area contributed by atoms with Gasteiger partial charge in [0.25, 0.3) is 0 Å². The lowest BCUT2D eigenvalue weighted by Crippen LogP contribution is -2.47. The first-order chi connectivity index (χ1) is 21.4. The fourth-order valence-electron chi connectivity index (χ4n) is 4.99. The molecule has 12 nitrogen and oxygen atoms in total. The summed E-state index contributed by atoms with van der Waals surface area (Å²) in [6.45, 7) is 8.52. The van der Waals surface area contributed by atoms with E-state index in [2.05, 4.69) is 30.9 Å². The predicted molar refractivity (Wildman–Crippen MR) is 166 cm³/mol. The average molecular weight is 669 g/mol. The highest BCUT2D eigenvalue weighted by Crippen LogP contribution is 2.38. The number of rotatable bonds is 10. The second-order valence-corrected chi connectivity index (χ2v) is 13.6. The third kappa shape index (κ3) is 8.94. The summed E-state index contributed by atoms with van der Waals surface area (Å²) in [5.74, 6) is -1.94. The van der Waals surface area contributed by atoms with Crippen LogP contribution >= 0.6 is 11.3 Å². The minimum Gasteiger partial charge on any atom is -0.464 e. The Bertz CT molecular complexity index is 1510. The molecule has 5 atom stereocenters. The topological polar surface area (TPSA) is 168 Å². The van der Waals surface area contributed by atoms with E-state index in [9.17, 15) is 33.0 Å². The Morgan fingerprint density at radius 1 is 1.09 bits per heavy atom. The number of carbonyl (C=O) groups excluding carboxylic acids is 2. The van der Waals surface area contributed by atoms with Crippen LogP contribution in [-0.2, 0) is 14.3 Å². The zero-order valence-electron chi connectivity index (χ0n) is 26.3. The molecule has 1 aromatic carbocycles. The summed E-state index contributed by atoms with van der Waals surface area (Å²) in [6, 6.07) is 5.56.